The highest BCUT2D eigenvalue weighted by atomic mass is 35.5. The standard InChI is InChI=1S/C14H27N3O2.ClH/c1-19-12-11-16-7-4-8-17(10-9-16)14(18)13-5-2-3-6-15-13;/h13,15H,2-12H2,1H3;1H. The van der Waals surface area contributed by atoms with E-state index in [2.05, 4.69) is 15.1 Å². The Morgan fingerprint density at radius 3 is 2.75 bits per heavy atom. The molecule has 0 spiro atoms. The lowest BCUT2D eigenvalue weighted by atomic mass is 10.0. The molecule has 1 N–H and O–H groups in total. The van der Waals surface area contributed by atoms with Crippen molar-refractivity contribution >= 4 is 18.3 Å². The van der Waals surface area contributed by atoms with Crippen molar-refractivity contribution in [1.29, 1.82) is 0 Å². The molecule has 2 rings (SSSR count). The molecule has 2 aliphatic rings. The maximum absolute atomic E-state index is 12.4. The number of hydrogen-bond donors (Lipinski definition) is 1. The Bertz CT molecular complexity index is 286. The lowest BCUT2D eigenvalue weighted by Gasteiger charge is -2.29. The minimum Gasteiger partial charge on any atom is -0.383 e. The molecule has 1 unspecified atom stereocenters. The van der Waals surface area contributed by atoms with Gasteiger partial charge in [0.05, 0.1) is 12.6 Å². The summed E-state index contributed by atoms with van der Waals surface area (Å²) in [6.45, 7) is 6.55. The normalized spacial score (nSPS) is 24.9. The third kappa shape index (κ3) is 5.20. The van der Waals surface area contributed by atoms with E-state index in [1.54, 1.807) is 7.11 Å². The lowest BCUT2D eigenvalue weighted by Crippen LogP contribution is -2.49. The molecule has 0 aromatic heterocycles. The van der Waals surface area contributed by atoms with Crippen molar-refractivity contribution in [2.24, 2.45) is 0 Å². The van der Waals surface area contributed by atoms with Crippen LogP contribution in [-0.4, -0.2) is 74.7 Å². The number of halogens is 1. The van der Waals surface area contributed by atoms with Crippen LogP contribution >= 0.6 is 12.4 Å². The SMILES string of the molecule is COCCN1CCCN(C(=O)C2CCCCN2)CC1.Cl. The van der Waals surface area contributed by atoms with Gasteiger partial charge in [0, 0.05) is 33.3 Å². The van der Waals surface area contributed by atoms with Crippen LogP contribution < -0.4 is 5.32 Å². The zero-order valence-corrected chi connectivity index (χ0v) is 13.3. The van der Waals surface area contributed by atoms with Gasteiger partial charge in [0.25, 0.3) is 0 Å². The summed E-state index contributed by atoms with van der Waals surface area (Å²) in [7, 11) is 1.74. The van der Waals surface area contributed by atoms with Gasteiger partial charge in [0.1, 0.15) is 0 Å². The average Bonchev–Trinajstić information content (AvgIpc) is 2.71. The molecule has 2 saturated heterocycles. The molecule has 118 valence electrons. The van der Waals surface area contributed by atoms with Crippen LogP contribution in [0.4, 0.5) is 0 Å². The van der Waals surface area contributed by atoms with Crippen LogP contribution in [0.2, 0.25) is 0 Å². The van der Waals surface area contributed by atoms with Gasteiger partial charge in [-0.15, -0.1) is 12.4 Å². The van der Waals surface area contributed by atoms with Crippen LogP contribution in [0.15, 0.2) is 0 Å². The van der Waals surface area contributed by atoms with Crippen molar-refractivity contribution in [2.45, 2.75) is 31.7 Å². The maximum atomic E-state index is 12.4. The van der Waals surface area contributed by atoms with E-state index in [9.17, 15) is 4.79 Å². The predicted molar refractivity (Wildman–Crippen MR) is 82.4 cm³/mol. The molecule has 0 aromatic carbocycles. The van der Waals surface area contributed by atoms with Gasteiger partial charge in [0.2, 0.25) is 5.91 Å². The first-order valence-electron chi connectivity index (χ1n) is 7.54. The third-order valence-corrected chi connectivity index (χ3v) is 4.12. The highest BCUT2D eigenvalue weighted by molar-refractivity contribution is 5.85. The molecule has 1 amide bonds. The second-order valence-corrected chi connectivity index (χ2v) is 5.52. The summed E-state index contributed by atoms with van der Waals surface area (Å²) in [5, 5.41) is 3.36. The summed E-state index contributed by atoms with van der Waals surface area (Å²) in [6, 6.07) is 0.0688. The summed E-state index contributed by atoms with van der Waals surface area (Å²) in [5.74, 6) is 0.313. The lowest BCUT2D eigenvalue weighted by molar-refractivity contribution is -0.133. The van der Waals surface area contributed by atoms with E-state index in [1.165, 1.54) is 12.8 Å². The smallest absolute Gasteiger partial charge is 0.239 e. The average molecular weight is 306 g/mol. The highest BCUT2D eigenvalue weighted by Crippen LogP contribution is 2.12. The number of carbonyl (C=O) groups excluding carboxylic acids is 1. The van der Waals surface area contributed by atoms with Gasteiger partial charge >= 0.3 is 0 Å². The summed E-state index contributed by atoms with van der Waals surface area (Å²) in [6.07, 6.45) is 4.46. The van der Waals surface area contributed by atoms with E-state index in [0.29, 0.717) is 5.91 Å². The number of methoxy groups -OCH3 is 1. The summed E-state index contributed by atoms with van der Waals surface area (Å²) >= 11 is 0. The molecule has 0 aromatic rings. The quantitative estimate of drug-likeness (QED) is 0.832. The Balaban J connectivity index is 0.00000200. The molecule has 0 aliphatic carbocycles. The van der Waals surface area contributed by atoms with E-state index < -0.39 is 0 Å². The van der Waals surface area contributed by atoms with Crippen LogP contribution in [0, 0.1) is 0 Å². The first-order valence-corrected chi connectivity index (χ1v) is 7.54. The van der Waals surface area contributed by atoms with Gasteiger partial charge < -0.3 is 15.0 Å². The van der Waals surface area contributed by atoms with Gasteiger partial charge in [-0.1, -0.05) is 6.42 Å². The maximum Gasteiger partial charge on any atom is 0.239 e. The van der Waals surface area contributed by atoms with E-state index in [4.69, 9.17) is 4.74 Å². The first kappa shape index (κ1) is 17.7. The van der Waals surface area contributed by atoms with Gasteiger partial charge in [0.15, 0.2) is 0 Å². The Labute approximate surface area is 128 Å². The molecule has 20 heavy (non-hydrogen) atoms. The van der Waals surface area contributed by atoms with Crippen LogP contribution in [0.25, 0.3) is 0 Å². The van der Waals surface area contributed by atoms with Gasteiger partial charge in [-0.2, -0.15) is 0 Å². The van der Waals surface area contributed by atoms with Crippen molar-refractivity contribution in [3.8, 4) is 0 Å². The topological polar surface area (TPSA) is 44.8 Å². The Morgan fingerprint density at radius 1 is 1.20 bits per heavy atom. The molecular formula is C14H28ClN3O2. The number of ether oxygens (including phenoxy) is 1. The molecule has 1 atom stereocenters. The first-order chi connectivity index (χ1) is 9.31. The van der Waals surface area contributed by atoms with Gasteiger partial charge in [-0.05, 0) is 32.4 Å². The van der Waals surface area contributed by atoms with Crippen LogP contribution in [-0.2, 0) is 9.53 Å². The highest BCUT2D eigenvalue weighted by Gasteiger charge is 2.26. The van der Waals surface area contributed by atoms with Crippen LogP contribution in [0.5, 0.6) is 0 Å². The Kier molecular flexibility index (Phi) is 8.45. The van der Waals surface area contributed by atoms with E-state index in [-0.39, 0.29) is 18.4 Å². The summed E-state index contributed by atoms with van der Waals surface area (Å²) in [4.78, 5) is 16.9. The van der Waals surface area contributed by atoms with E-state index >= 15 is 0 Å². The van der Waals surface area contributed by atoms with Gasteiger partial charge in [-0.25, -0.2) is 0 Å². The molecule has 6 heteroatoms. The van der Waals surface area contributed by atoms with E-state index in [1.807, 2.05) is 0 Å². The number of rotatable bonds is 4. The molecule has 0 saturated carbocycles. The zero-order chi connectivity index (χ0) is 13.5. The molecule has 5 nitrogen and oxygen atoms in total. The molecular weight excluding hydrogens is 278 g/mol. The zero-order valence-electron chi connectivity index (χ0n) is 12.5. The molecule has 0 bridgehead atoms. The van der Waals surface area contributed by atoms with Crippen molar-refractivity contribution in [2.75, 3.05) is 53.0 Å². The number of hydrogen-bond acceptors (Lipinski definition) is 4. The summed E-state index contributed by atoms with van der Waals surface area (Å²) in [5.41, 5.74) is 0. The fourth-order valence-corrected chi connectivity index (χ4v) is 2.92. The largest absolute Gasteiger partial charge is 0.383 e. The minimum absolute atomic E-state index is 0. The molecule has 2 aliphatic heterocycles. The Hall–Kier alpha value is -0.360. The van der Waals surface area contributed by atoms with Crippen molar-refractivity contribution < 1.29 is 9.53 Å². The number of amides is 1. The second-order valence-electron chi connectivity index (χ2n) is 5.52. The number of nitrogens with zero attached hydrogens (tertiary/aromatic N) is 2. The monoisotopic (exact) mass is 305 g/mol. The van der Waals surface area contributed by atoms with Crippen LogP contribution in [0.1, 0.15) is 25.7 Å². The van der Waals surface area contributed by atoms with Crippen molar-refractivity contribution in [3.63, 3.8) is 0 Å². The predicted octanol–water partition coefficient (Wildman–Crippen LogP) is 0.731. The van der Waals surface area contributed by atoms with E-state index in [0.717, 1.165) is 58.7 Å². The Morgan fingerprint density at radius 2 is 2.05 bits per heavy atom. The van der Waals surface area contributed by atoms with Crippen LogP contribution in [0.3, 0.4) is 0 Å². The second kappa shape index (κ2) is 9.55. The number of nitrogens with one attached hydrogen (secondary N) is 1. The fourth-order valence-electron chi connectivity index (χ4n) is 2.92. The fraction of sp³-hybridized carbons (Fsp3) is 0.929. The minimum atomic E-state index is 0. The van der Waals surface area contributed by atoms with Gasteiger partial charge in [-0.3, -0.25) is 9.69 Å². The number of piperidine rings is 1. The molecule has 0 radical (unpaired) electrons. The third-order valence-electron chi connectivity index (χ3n) is 4.12. The summed E-state index contributed by atoms with van der Waals surface area (Å²) < 4.78 is 5.12. The molecule has 2 heterocycles. The number of carbonyl (C=O) groups is 1. The molecule has 2 fully saturated rings. The van der Waals surface area contributed by atoms with Crippen molar-refractivity contribution in [1.82, 2.24) is 15.1 Å². The van der Waals surface area contributed by atoms with Crippen molar-refractivity contribution in [3.05, 3.63) is 0 Å².